The molecule has 182 valence electrons. The van der Waals surface area contributed by atoms with E-state index >= 15 is 0 Å². The number of benzene rings is 1. The molecule has 3 aromatic rings. The topological polar surface area (TPSA) is 37.2 Å². The second kappa shape index (κ2) is 11.3. The fourth-order valence-electron chi connectivity index (χ4n) is 5.26. The van der Waals surface area contributed by atoms with Crippen molar-refractivity contribution in [3.8, 4) is 0 Å². The van der Waals surface area contributed by atoms with Crippen LogP contribution in [0.15, 0.2) is 36.4 Å². The van der Waals surface area contributed by atoms with Crippen molar-refractivity contribution in [2.45, 2.75) is 66.5 Å². The van der Waals surface area contributed by atoms with E-state index in [9.17, 15) is 0 Å². The molecule has 1 aliphatic rings. The highest BCUT2D eigenvalue weighted by molar-refractivity contribution is 5.76. The van der Waals surface area contributed by atoms with Crippen LogP contribution in [0.25, 0.3) is 17.2 Å². The van der Waals surface area contributed by atoms with Gasteiger partial charge in [0.05, 0.1) is 6.54 Å². The first-order valence-electron chi connectivity index (χ1n) is 13.1. The van der Waals surface area contributed by atoms with Crippen molar-refractivity contribution in [2.75, 3.05) is 32.7 Å². The van der Waals surface area contributed by atoms with E-state index in [0.717, 1.165) is 48.2 Å². The van der Waals surface area contributed by atoms with Crippen LogP contribution in [0, 0.1) is 13.8 Å². The molecule has 34 heavy (non-hydrogen) atoms. The minimum Gasteiger partial charge on any atom is -0.308 e. The lowest BCUT2D eigenvalue weighted by Crippen LogP contribution is -2.49. The minimum absolute atomic E-state index is 0.758. The lowest BCUT2D eigenvalue weighted by atomic mass is 10.1. The summed E-state index contributed by atoms with van der Waals surface area (Å²) in [7, 11) is 0. The summed E-state index contributed by atoms with van der Waals surface area (Å²) in [4.78, 5) is 14.9. The van der Waals surface area contributed by atoms with Gasteiger partial charge in [-0.25, -0.2) is 9.97 Å². The first kappa shape index (κ1) is 24.6. The van der Waals surface area contributed by atoms with Crippen molar-refractivity contribution < 1.29 is 0 Å². The Morgan fingerprint density at radius 2 is 1.65 bits per heavy atom. The fourth-order valence-corrected chi connectivity index (χ4v) is 5.26. The number of hydrogen-bond donors (Lipinski definition) is 0. The quantitative estimate of drug-likeness (QED) is 0.425. The molecular formula is C29H41N5. The Morgan fingerprint density at radius 1 is 0.941 bits per heavy atom. The van der Waals surface area contributed by atoms with Crippen molar-refractivity contribution in [1.29, 1.82) is 0 Å². The zero-order valence-corrected chi connectivity index (χ0v) is 21.7. The van der Waals surface area contributed by atoms with Crippen molar-refractivity contribution in [3.05, 3.63) is 64.6 Å². The van der Waals surface area contributed by atoms with Crippen LogP contribution in [0.3, 0.4) is 0 Å². The van der Waals surface area contributed by atoms with Crippen LogP contribution in [0.1, 0.15) is 61.8 Å². The van der Waals surface area contributed by atoms with Gasteiger partial charge in [-0.1, -0.05) is 57.2 Å². The van der Waals surface area contributed by atoms with E-state index in [1.165, 1.54) is 55.7 Å². The number of imidazole rings is 1. The monoisotopic (exact) mass is 459 g/mol. The summed E-state index contributed by atoms with van der Waals surface area (Å²) in [6, 6.07) is 11.8. The number of piperazine rings is 1. The van der Waals surface area contributed by atoms with Gasteiger partial charge in [0.2, 0.25) is 0 Å². The molecule has 1 aliphatic heterocycles. The van der Waals surface area contributed by atoms with Crippen LogP contribution < -0.4 is 0 Å². The Bertz CT molecular complexity index is 1100. The molecule has 2 aromatic heterocycles. The summed E-state index contributed by atoms with van der Waals surface area (Å²) in [6.07, 6.45) is 8.00. The molecule has 0 aliphatic carbocycles. The third-order valence-electron chi connectivity index (χ3n) is 7.28. The second-order valence-corrected chi connectivity index (χ2v) is 9.67. The number of pyridine rings is 1. The molecule has 3 heterocycles. The Balaban J connectivity index is 1.36. The SMILES string of the molecule is CCc1nc2c(C)cc(C)nc2n1Cc1ccc(C=CCN2CCN(C(CC)CC)CC2)cc1. The van der Waals surface area contributed by atoms with Gasteiger partial charge in [-0.15, -0.1) is 0 Å². The van der Waals surface area contributed by atoms with Crippen LogP contribution in [-0.2, 0) is 13.0 Å². The van der Waals surface area contributed by atoms with E-state index in [1.807, 2.05) is 0 Å². The van der Waals surface area contributed by atoms with Crippen molar-refractivity contribution in [3.63, 3.8) is 0 Å². The molecule has 1 fully saturated rings. The smallest absolute Gasteiger partial charge is 0.160 e. The van der Waals surface area contributed by atoms with Gasteiger partial charge in [-0.2, -0.15) is 0 Å². The van der Waals surface area contributed by atoms with E-state index in [0.29, 0.717) is 0 Å². The zero-order chi connectivity index (χ0) is 24.1. The van der Waals surface area contributed by atoms with E-state index in [-0.39, 0.29) is 0 Å². The molecule has 1 saturated heterocycles. The van der Waals surface area contributed by atoms with Gasteiger partial charge in [0.1, 0.15) is 11.3 Å². The lowest BCUT2D eigenvalue weighted by molar-refractivity contribution is 0.0989. The Morgan fingerprint density at radius 3 is 2.29 bits per heavy atom. The maximum Gasteiger partial charge on any atom is 0.160 e. The summed E-state index contributed by atoms with van der Waals surface area (Å²) >= 11 is 0. The number of nitrogens with zero attached hydrogens (tertiary/aromatic N) is 5. The number of hydrogen-bond acceptors (Lipinski definition) is 4. The lowest BCUT2D eigenvalue weighted by Gasteiger charge is -2.38. The number of aryl methyl sites for hydroxylation is 3. The first-order chi connectivity index (χ1) is 16.5. The highest BCUT2D eigenvalue weighted by atomic mass is 15.3. The molecule has 5 nitrogen and oxygen atoms in total. The minimum atomic E-state index is 0.758. The van der Waals surface area contributed by atoms with Crippen LogP contribution in [0.2, 0.25) is 0 Å². The second-order valence-electron chi connectivity index (χ2n) is 9.67. The molecule has 1 aromatic carbocycles. The summed E-state index contributed by atoms with van der Waals surface area (Å²) in [6.45, 7) is 17.6. The molecule has 4 rings (SSSR count). The van der Waals surface area contributed by atoms with Crippen molar-refractivity contribution in [2.24, 2.45) is 0 Å². The zero-order valence-electron chi connectivity index (χ0n) is 21.7. The Hall–Kier alpha value is -2.50. The highest BCUT2D eigenvalue weighted by Gasteiger charge is 2.20. The molecular weight excluding hydrogens is 418 g/mol. The van der Waals surface area contributed by atoms with Crippen molar-refractivity contribution in [1.82, 2.24) is 24.3 Å². The van der Waals surface area contributed by atoms with E-state index < -0.39 is 0 Å². The largest absolute Gasteiger partial charge is 0.308 e. The first-order valence-corrected chi connectivity index (χ1v) is 13.1. The van der Waals surface area contributed by atoms with E-state index in [1.54, 1.807) is 0 Å². The number of rotatable bonds is 9. The summed E-state index contributed by atoms with van der Waals surface area (Å²) in [5, 5.41) is 0. The maximum absolute atomic E-state index is 4.88. The van der Waals surface area contributed by atoms with Crippen molar-refractivity contribution >= 4 is 17.2 Å². The maximum atomic E-state index is 4.88. The molecule has 0 radical (unpaired) electrons. The number of fused-ring (bicyclic) bond motifs is 1. The summed E-state index contributed by atoms with van der Waals surface area (Å²) in [5.41, 5.74) is 6.82. The molecule has 0 unspecified atom stereocenters. The van der Waals surface area contributed by atoms with Crippen LogP contribution in [0.4, 0.5) is 0 Å². The fraction of sp³-hybridized carbons (Fsp3) is 0.517. The standard InChI is InChI=1S/C29H41N5/c1-6-26(7-2)33-18-16-32(17-19-33)15-9-10-24-11-13-25(14-12-24)21-34-27(8-3)31-28-22(4)20-23(5)30-29(28)34/h9-14,20,26H,6-8,15-19,21H2,1-5H3. The molecule has 0 saturated carbocycles. The van der Waals surface area contributed by atoms with Gasteiger partial charge < -0.3 is 4.57 Å². The third kappa shape index (κ3) is 5.59. The summed E-state index contributed by atoms with van der Waals surface area (Å²) in [5.74, 6) is 1.10. The van der Waals surface area contributed by atoms with E-state index in [2.05, 4.69) is 91.5 Å². The van der Waals surface area contributed by atoms with Gasteiger partial charge in [-0.05, 0) is 49.4 Å². The van der Waals surface area contributed by atoms with Crippen LogP contribution in [0.5, 0.6) is 0 Å². The predicted octanol–water partition coefficient (Wildman–Crippen LogP) is 5.48. The average molecular weight is 460 g/mol. The van der Waals surface area contributed by atoms with Gasteiger partial charge in [0.15, 0.2) is 5.65 Å². The molecule has 0 spiro atoms. The Labute approximate surface area is 205 Å². The summed E-state index contributed by atoms with van der Waals surface area (Å²) < 4.78 is 2.28. The van der Waals surface area contributed by atoms with Gasteiger partial charge in [0.25, 0.3) is 0 Å². The highest BCUT2D eigenvalue weighted by Crippen LogP contribution is 2.21. The van der Waals surface area contributed by atoms with Gasteiger partial charge in [-0.3, -0.25) is 9.80 Å². The van der Waals surface area contributed by atoms with Crippen LogP contribution in [-0.4, -0.2) is 63.1 Å². The molecule has 0 N–H and O–H groups in total. The predicted molar refractivity (Wildman–Crippen MR) is 143 cm³/mol. The Kier molecular flexibility index (Phi) is 8.17. The number of aromatic nitrogens is 3. The normalized spacial score (nSPS) is 15.8. The van der Waals surface area contributed by atoms with Crippen LogP contribution >= 0.6 is 0 Å². The van der Waals surface area contributed by atoms with Gasteiger partial charge in [0, 0.05) is 50.9 Å². The molecule has 0 atom stereocenters. The van der Waals surface area contributed by atoms with Gasteiger partial charge >= 0.3 is 0 Å². The van der Waals surface area contributed by atoms with E-state index in [4.69, 9.17) is 9.97 Å². The average Bonchev–Trinajstić information content (AvgIpc) is 3.19. The molecule has 0 bridgehead atoms. The molecule has 0 amide bonds. The third-order valence-corrected chi connectivity index (χ3v) is 7.28. The molecule has 5 heteroatoms.